The lowest BCUT2D eigenvalue weighted by molar-refractivity contribution is -0.419. The van der Waals surface area contributed by atoms with Crippen LogP contribution in [0.1, 0.15) is 13.3 Å². The van der Waals surface area contributed by atoms with Crippen LogP contribution in [-0.2, 0) is 0 Å². The number of nitrogens with zero attached hydrogens (tertiary/aromatic N) is 1. The monoisotopic (exact) mass is 169 g/mol. The third-order valence-corrected chi connectivity index (χ3v) is 1.45. The zero-order valence-corrected chi connectivity index (χ0v) is 7.06. The van der Waals surface area contributed by atoms with E-state index in [9.17, 15) is 10.1 Å². The van der Waals surface area contributed by atoms with Gasteiger partial charge in [-0.25, -0.2) is 0 Å². The Morgan fingerprint density at radius 3 is 2.75 bits per heavy atom. The molecule has 0 bridgehead atoms. The van der Waals surface area contributed by atoms with Crippen LogP contribution in [0.2, 0.25) is 0 Å². The molecule has 0 aromatic rings. The summed E-state index contributed by atoms with van der Waals surface area (Å²) >= 11 is 0. The van der Waals surface area contributed by atoms with Gasteiger partial charge in [-0.3, -0.25) is 10.1 Å². The molecule has 0 aliphatic rings. The highest BCUT2D eigenvalue weighted by Gasteiger charge is 2.06. The molecule has 0 heterocycles. The molecule has 0 aromatic heterocycles. The summed E-state index contributed by atoms with van der Waals surface area (Å²) in [5.74, 6) is 0.0971. The second kappa shape index (κ2) is 5.23. The highest BCUT2D eigenvalue weighted by Crippen LogP contribution is 2.04. The minimum absolute atomic E-state index is 0.0971. The Hall–Kier alpha value is -1.45. The first kappa shape index (κ1) is 10.6. The molecular formula is C8H13N2O2+. The third kappa shape index (κ3) is 3.65. The van der Waals surface area contributed by atoms with Gasteiger partial charge < -0.3 is 5.73 Å². The van der Waals surface area contributed by atoms with Crippen LogP contribution >= 0.6 is 0 Å². The molecule has 0 saturated carbocycles. The molecule has 1 unspecified atom stereocenters. The average molecular weight is 169 g/mol. The lowest BCUT2D eigenvalue weighted by Crippen LogP contribution is -1.99. The molecule has 0 amide bonds. The highest BCUT2D eigenvalue weighted by atomic mass is 16.6. The van der Waals surface area contributed by atoms with Gasteiger partial charge in [0, 0.05) is 6.08 Å². The lowest BCUT2D eigenvalue weighted by Gasteiger charge is -1.91. The fraction of sp³-hybridized carbons (Fsp3) is 0.375. The Kier molecular flexibility index (Phi) is 4.60. The van der Waals surface area contributed by atoms with Gasteiger partial charge >= 0.3 is 0 Å². The van der Waals surface area contributed by atoms with Gasteiger partial charge in [-0.15, -0.1) is 0 Å². The van der Waals surface area contributed by atoms with Gasteiger partial charge in [0.15, 0.2) is 0 Å². The number of rotatable bonds is 4. The van der Waals surface area contributed by atoms with Crippen molar-refractivity contribution in [3.05, 3.63) is 41.1 Å². The molecular weight excluding hydrogens is 156 g/mol. The highest BCUT2D eigenvalue weighted by molar-refractivity contribution is 5.10. The summed E-state index contributed by atoms with van der Waals surface area (Å²) in [6, 6.07) is 0. The summed E-state index contributed by atoms with van der Waals surface area (Å²) in [7, 11) is 0. The Morgan fingerprint density at radius 1 is 1.83 bits per heavy atom. The van der Waals surface area contributed by atoms with E-state index in [1.54, 1.807) is 6.08 Å². The van der Waals surface area contributed by atoms with Gasteiger partial charge in [0.05, 0.1) is 18.0 Å². The number of nitro groups is 1. The van der Waals surface area contributed by atoms with E-state index in [1.807, 2.05) is 6.92 Å². The van der Waals surface area contributed by atoms with Crippen molar-refractivity contribution < 1.29 is 4.92 Å². The summed E-state index contributed by atoms with van der Waals surface area (Å²) in [5, 5.41) is 10.2. The second-order valence-electron chi connectivity index (χ2n) is 2.38. The van der Waals surface area contributed by atoms with Crippen LogP contribution in [0.5, 0.6) is 0 Å². The van der Waals surface area contributed by atoms with Crippen LogP contribution in [0.4, 0.5) is 0 Å². The van der Waals surface area contributed by atoms with E-state index in [-0.39, 0.29) is 11.6 Å². The van der Waals surface area contributed by atoms with Gasteiger partial charge in [0.25, 0.3) is 5.70 Å². The van der Waals surface area contributed by atoms with Crippen LogP contribution in [0.3, 0.4) is 0 Å². The minimum atomic E-state index is -0.529. The maximum Gasteiger partial charge on any atom is 0.284 e. The average Bonchev–Trinajstić information content (AvgIpc) is 2.04. The zero-order valence-electron chi connectivity index (χ0n) is 7.06. The van der Waals surface area contributed by atoms with Crippen LogP contribution in [0, 0.1) is 23.0 Å². The first-order chi connectivity index (χ1) is 5.61. The van der Waals surface area contributed by atoms with Gasteiger partial charge in [0.2, 0.25) is 0 Å². The fourth-order valence-electron chi connectivity index (χ4n) is 0.548. The SMILES string of the molecule is [CH2+]C(C=CC(=CN)[N+](=O)[O-])CC. The second-order valence-corrected chi connectivity index (χ2v) is 2.38. The summed E-state index contributed by atoms with van der Waals surface area (Å²) in [5.41, 5.74) is 4.93. The van der Waals surface area contributed by atoms with Crippen molar-refractivity contribution in [1.82, 2.24) is 0 Å². The van der Waals surface area contributed by atoms with E-state index in [2.05, 4.69) is 6.92 Å². The maximum atomic E-state index is 10.2. The van der Waals surface area contributed by atoms with Gasteiger partial charge in [-0.2, -0.15) is 0 Å². The summed E-state index contributed by atoms with van der Waals surface area (Å²) < 4.78 is 0. The summed E-state index contributed by atoms with van der Waals surface area (Å²) in [6.45, 7) is 5.70. The first-order valence-electron chi connectivity index (χ1n) is 3.69. The van der Waals surface area contributed by atoms with Crippen molar-refractivity contribution in [1.29, 1.82) is 0 Å². The largest absolute Gasteiger partial charge is 0.399 e. The molecule has 0 radical (unpaired) electrons. The number of hydrogen-bond acceptors (Lipinski definition) is 3. The smallest absolute Gasteiger partial charge is 0.284 e. The molecule has 66 valence electrons. The summed E-state index contributed by atoms with van der Waals surface area (Å²) in [6.07, 6.45) is 4.87. The molecule has 0 fully saturated rings. The van der Waals surface area contributed by atoms with Crippen LogP contribution in [0.15, 0.2) is 24.0 Å². The molecule has 4 heteroatoms. The van der Waals surface area contributed by atoms with E-state index in [0.717, 1.165) is 12.6 Å². The molecule has 0 rings (SSSR count). The quantitative estimate of drug-likeness (QED) is 0.300. The van der Waals surface area contributed by atoms with Gasteiger partial charge in [0.1, 0.15) is 5.92 Å². The Bertz CT molecular complexity index is 209. The fourth-order valence-corrected chi connectivity index (χ4v) is 0.548. The number of nitrogens with two attached hydrogens (primary N) is 1. The molecule has 0 aliphatic heterocycles. The number of allylic oxidation sites excluding steroid dienone is 2. The van der Waals surface area contributed by atoms with Crippen molar-refractivity contribution in [2.24, 2.45) is 11.7 Å². The van der Waals surface area contributed by atoms with E-state index in [0.29, 0.717) is 0 Å². The Morgan fingerprint density at radius 2 is 2.42 bits per heavy atom. The Balaban J connectivity index is 4.22. The van der Waals surface area contributed by atoms with E-state index < -0.39 is 4.92 Å². The van der Waals surface area contributed by atoms with Crippen LogP contribution < -0.4 is 5.73 Å². The van der Waals surface area contributed by atoms with E-state index >= 15 is 0 Å². The molecule has 0 spiro atoms. The Labute approximate surface area is 71.9 Å². The predicted octanol–water partition coefficient (Wildman–Crippen LogP) is 1.48. The van der Waals surface area contributed by atoms with Crippen molar-refractivity contribution in [2.75, 3.05) is 0 Å². The van der Waals surface area contributed by atoms with Crippen LogP contribution in [-0.4, -0.2) is 4.92 Å². The molecule has 1 atom stereocenters. The van der Waals surface area contributed by atoms with E-state index in [4.69, 9.17) is 5.73 Å². The van der Waals surface area contributed by atoms with Crippen molar-refractivity contribution in [3.63, 3.8) is 0 Å². The van der Waals surface area contributed by atoms with Crippen LogP contribution in [0.25, 0.3) is 0 Å². The van der Waals surface area contributed by atoms with E-state index in [1.165, 1.54) is 6.08 Å². The maximum absolute atomic E-state index is 10.2. The topological polar surface area (TPSA) is 69.2 Å². The molecule has 12 heavy (non-hydrogen) atoms. The van der Waals surface area contributed by atoms with Crippen molar-refractivity contribution in [3.8, 4) is 0 Å². The third-order valence-electron chi connectivity index (χ3n) is 1.45. The molecule has 4 nitrogen and oxygen atoms in total. The van der Waals surface area contributed by atoms with Gasteiger partial charge in [-0.1, -0.05) is 6.92 Å². The molecule has 0 aromatic carbocycles. The normalized spacial score (nSPS) is 14.9. The van der Waals surface area contributed by atoms with Gasteiger partial charge in [-0.05, 0) is 12.5 Å². The molecule has 2 N–H and O–H groups in total. The summed E-state index contributed by atoms with van der Waals surface area (Å²) in [4.78, 5) is 9.69. The van der Waals surface area contributed by atoms with Crippen molar-refractivity contribution in [2.45, 2.75) is 13.3 Å². The minimum Gasteiger partial charge on any atom is -0.399 e. The first-order valence-corrected chi connectivity index (χ1v) is 3.69. The predicted molar refractivity (Wildman–Crippen MR) is 47.5 cm³/mol. The van der Waals surface area contributed by atoms with Crippen molar-refractivity contribution >= 4 is 0 Å². The standard InChI is InChI=1S/C8H13N2O2/c1-3-7(2)4-5-8(6-9)10(11)12/h4-7H,2-3,9H2,1H3/q+1. The molecule has 0 aliphatic carbocycles. The zero-order chi connectivity index (χ0) is 9.56. The number of hydrogen-bond donors (Lipinski definition) is 1. The lowest BCUT2D eigenvalue weighted by atomic mass is 10.1. The molecule has 0 saturated heterocycles.